The van der Waals surface area contributed by atoms with E-state index < -0.39 is 0 Å². The van der Waals surface area contributed by atoms with Gasteiger partial charge in [0, 0.05) is 11.6 Å². The van der Waals surface area contributed by atoms with Gasteiger partial charge in [0.05, 0.1) is 18.7 Å². The van der Waals surface area contributed by atoms with Crippen LogP contribution < -0.4 is 14.8 Å². The Morgan fingerprint density at radius 3 is 2.50 bits per heavy atom. The van der Waals surface area contributed by atoms with E-state index >= 15 is 0 Å². The summed E-state index contributed by atoms with van der Waals surface area (Å²) < 4.78 is 10.6. The van der Waals surface area contributed by atoms with Gasteiger partial charge in [0.1, 0.15) is 0 Å². The Balaban J connectivity index is 2.77. The summed E-state index contributed by atoms with van der Waals surface area (Å²) in [6.45, 7) is 5.33. The molecule has 0 atom stereocenters. The van der Waals surface area contributed by atoms with Crippen LogP contribution in [-0.4, -0.2) is 30.3 Å². The summed E-state index contributed by atoms with van der Waals surface area (Å²) in [7, 11) is 1.48. The highest BCUT2D eigenvalue weighted by molar-refractivity contribution is 6.31. The van der Waals surface area contributed by atoms with E-state index in [0.29, 0.717) is 22.1 Å². The fourth-order valence-corrected chi connectivity index (χ4v) is 1.78. The first kappa shape index (κ1) is 16.6. The highest BCUT2D eigenvalue weighted by atomic mass is 35.5. The van der Waals surface area contributed by atoms with E-state index in [1.54, 1.807) is 6.07 Å². The number of amides is 1. The van der Waals surface area contributed by atoms with E-state index in [4.69, 9.17) is 26.2 Å². The van der Waals surface area contributed by atoms with Gasteiger partial charge in [-0.3, -0.25) is 4.79 Å². The van der Waals surface area contributed by atoms with Crippen LogP contribution in [0.4, 0.5) is 0 Å². The van der Waals surface area contributed by atoms with Crippen molar-refractivity contribution in [3.8, 4) is 11.5 Å². The minimum atomic E-state index is -0.317. The van der Waals surface area contributed by atoms with Crippen molar-refractivity contribution in [1.29, 1.82) is 0 Å². The molecule has 2 N–H and O–H groups in total. The van der Waals surface area contributed by atoms with Crippen molar-refractivity contribution >= 4 is 17.5 Å². The van der Waals surface area contributed by atoms with Crippen molar-refractivity contribution in [1.82, 2.24) is 5.32 Å². The Morgan fingerprint density at radius 1 is 1.35 bits per heavy atom. The SMILES string of the molecule is COc1cc(CO)c(Cl)cc1OCC(=O)NC(C)(C)C. The third-order valence-corrected chi connectivity index (χ3v) is 2.73. The molecule has 5 nitrogen and oxygen atoms in total. The first-order chi connectivity index (χ1) is 9.26. The molecule has 1 amide bonds. The van der Waals surface area contributed by atoms with E-state index in [1.165, 1.54) is 13.2 Å². The Labute approximate surface area is 123 Å². The minimum Gasteiger partial charge on any atom is -0.493 e. The predicted molar refractivity (Wildman–Crippen MR) is 77.3 cm³/mol. The lowest BCUT2D eigenvalue weighted by molar-refractivity contribution is -0.124. The quantitative estimate of drug-likeness (QED) is 0.874. The lowest BCUT2D eigenvalue weighted by Gasteiger charge is -2.20. The summed E-state index contributed by atoms with van der Waals surface area (Å²) in [4.78, 5) is 11.7. The number of hydrogen-bond acceptors (Lipinski definition) is 4. The van der Waals surface area contributed by atoms with Crippen LogP contribution in [0.2, 0.25) is 5.02 Å². The van der Waals surface area contributed by atoms with Crippen molar-refractivity contribution < 1.29 is 19.4 Å². The Bertz CT molecular complexity index is 483. The van der Waals surface area contributed by atoms with Gasteiger partial charge in [-0.15, -0.1) is 0 Å². The van der Waals surface area contributed by atoms with Crippen LogP contribution in [0.15, 0.2) is 12.1 Å². The molecule has 1 aromatic rings. The summed E-state index contributed by atoms with van der Waals surface area (Å²) in [5.74, 6) is 0.544. The molecular weight excluding hydrogens is 282 g/mol. The highest BCUT2D eigenvalue weighted by Crippen LogP contribution is 2.33. The maximum Gasteiger partial charge on any atom is 0.258 e. The van der Waals surface area contributed by atoms with E-state index in [-0.39, 0.29) is 24.7 Å². The van der Waals surface area contributed by atoms with E-state index in [0.717, 1.165) is 0 Å². The average Bonchev–Trinajstić information content (AvgIpc) is 2.34. The van der Waals surface area contributed by atoms with Gasteiger partial charge in [-0.25, -0.2) is 0 Å². The van der Waals surface area contributed by atoms with Crippen molar-refractivity contribution in [2.45, 2.75) is 32.9 Å². The molecule has 20 heavy (non-hydrogen) atoms. The summed E-state index contributed by atoms with van der Waals surface area (Å²) in [6.07, 6.45) is 0. The number of ether oxygens (including phenoxy) is 2. The van der Waals surface area contributed by atoms with Crippen molar-refractivity contribution in [3.63, 3.8) is 0 Å². The second-order valence-corrected chi connectivity index (χ2v) is 5.75. The topological polar surface area (TPSA) is 67.8 Å². The summed E-state index contributed by atoms with van der Waals surface area (Å²) >= 11 is 5.98. The number of hydrogen-bond donors (Lipinski definition) is 2. The zero-order chi connectivity index (χ0) is 15.3. The second-order valence-electron chi connectivity index (χ2n) is 5.34. The van der Waals surface area contributed by atoms with Crippen LogP contribution in [0, 0.1) is 0 Å². The van der Waals surface area contributed by atoms with Crippen LogP contribution in [-0.2, 0) is 11.4 Å². The summed E-state index contributed by atoms with van der Waals surface area (Å²) in [6, 6.07) is 3.11. The Morgan fingerprint density at radius 2 is 2.00 bits per heavy atom. The lowest BCUT2D eigenvalue weighted by Crippen LogP contribution is -2.43. The Hall–Kier alpha value is -1.46. The summed E-state index contributed by atoms with van der Waals surface area (Å²) in [5.41, 5.74) is 0.220. The molecule has 0 saturated carbocycles. The first-order valence-corrected chi connectivity index (χ1v) is 6.55. The summed E-state index contributed by atoms with van der Waals surface area (Å²) in [5, 5.41) is 12.3. The third-order valence-electron chi connectivity index (χ3n) is 2.38. The zero-order valence-electron chi connectivity index (χ0n) is 12.1. The van der Waals surface area contributed by atoms with E-state index in [2.05, 4.69) is 5.32 Å². The van der Waals surface area contributed by atoms with Crippen LogP contribution in [0.25, 0.3) is 0 Å². The number of benzene rings is 1. The second kappa shape index (κ2) is 6.81. The molecule has 1 rings (SSSR count). The molecule has 0 aromatic heterocycles. The molecule has 6 heteroatoms. The van der Waals surface area contributed by atoms with Gasteiger partial charge >= 0.3 is 0 Å². The smallest absolute Gasteiger partial charge is 0.258 e. The fourth-order valence-electron chi connectivity index (χ4n) is 1.57. The standard InChI is InChI=1S/C14H20ClNO4/c1-14(2,3)16-13(18)8-20-12-6-10(15)9(7-17)5-11(12)19-4/h5-6,17H,7-8H2,1-4H3,(H,16,18). The van der Waals surface area contributed by atoms with Gasteiger partial charge in [-0.05, 0) is 32.4 Å². The van der Waals surface area contributed by atoms with Crippen molar-refractivity contribution in [2.75, 3.05) is 13.7 Å². The van der Waals surface area contributed by atoms with Crippen molar-refractivity contribution in [2.24, 2.45) is 0 Å². The number of methoxy groups -OCH3 is 1. The van der Waals surface area contributed by atoms with Gasteiger partial charge < -0.3 is 19.9 Å². The van der Waals surface area contributed by atoms with Crippen LogP contribution in [0.5, 0.6) is 11.5 Å². The van der Waals surface area contributed by atoms with Gasteiger partial charge in [-0.2, -0.15) is 0 Å². The number of nitrogens with one attached hydrogen (secondary N) is 1. The molecule has 0 fully saturated rings. The maximum absolute atomic E-state index is 11.7. The molecular formula is C14H20ClNO4. The normalized spacial score (nSPS) is 11.1. The number of aliphatic hydroxyl groups is 1. The minimum absolute atomic E-state index is 0.136. The van der Waals surface area contributed by atoms with Crippen LogP contribution in [0.3, 0.4) is 0 Å². The maximum atomic E-state index is 11.7. The molecule has 0 aliphatic carbocycles. The Kier molecular flexibility index (Phi) is 5.65. The molecule has 0 bridgehead atoms. The molecule has 0 heterocycles. The van der Waals surface area contributed by atoms with Crippen LogP contribution in [0.1, 0.15) is 26.3 Å². The molecule has 0 radical (unpaired) electrons. The van der Waals surface area contributed by atoms with Gasteiger partial charge in [-0.1, -0.05) is 11.6 Å². The number of carbonyl (C=O) groups is 1. The molecule has 0 spiro atoms. The third kappa shape index (κ3) is 4.90. The predicted octanol–water partition coefficient (Wildman–Crippen LogP) is 2.13. The van der Waals surface area contributed by atoms with E-state index in [9.17, 15) is 4.79 Å². The van der Waals surface area contributed by atoms with Crippen LogP contribution >= 0.6 is 11.6 Å². The number of carbonyl (C=O) groups excluding carboxylic acids is 1. The van der Waals surface area contributed by atoms with Gasteiger partial charge in [0.25, 0.3) is 5.91 Å². The molecule has 0 aliphatic rings. The average molecular weight is 302 g/mol. The lowest BCUT2D eigenvalue weighted by atomic mass is 10.1. The number of rotatable bonds is 5. The zero-order valence-corrected chi connectivity index (χ0v) is 12.9. The molecule has 0 saturated heterocycles. The largest absolute Gasteiger partial charge is 0.493 e. The first-order valence-electron chi connectivity index (χ1n) is 6.18. The number of aliphatic hydroxyl groups excluding tert-OH is 1. The van der Waals surface area contributed by atoms with Gasteiger partial charge in [0.2, 0.25) is 0 Å². The fraction of sp³-hybridized carbons (Fsp3) is 0.500. The molecule has 1 aromatic carbocycles. The molecule has 112 valence electrons. The molecule has 0 unspecified atom stereocenters. The molecule has 0 aliphatic heterocycles. The highest BCUT2D eigenvalue weighted by Gasteiger charge is 2.16. The number of halogens is 1. The van der Waals surface area contributed by atoms with E-state index in [1.807, 2.05) is 20.8 Å². The van der Waals surface area contributed by atoms with Crippen molar-refractivity contribution in [3.05, 3.63) is 22.7 Å². The van der Waals surface area contributed by atoms with Gasteiger partial charge in [0.15, 0.2) is 18.1 Å². The monoisotopic (exact) mass is 301 g/mol.